The monoisotopic (exact) mass is 405 g/mol. The van der Waals surface area contributed by atoms with Gasteiger partial charge in [0.15, 0.2) is 0 Å². The maximum absolute atomic E-state index is 3.85. The number of rotatable bonds is 9. The van der Waals surface area contributed by atoms with Crippen LogP contribution in [0.4, 0.5) is 0 Å². The van der Waals surface area contributed by atoms with Crippen molar-refractivity contribution in [2.24, 2.45) is 0 Å². The molecule has 2 aromatic carbocycles. The summed E-state index contributed by atoms with van der Waals surface area (Å²) < 4.78 is 0. The van der Waals surface area contributed by atoms with Gasteiger partial charge in [-0.05, 0) is 82.5 Å². The molecule has 0 amide bonds. The Bertz CT molecular complexity index is 664. The molecule has 2 saturated heterocycles. The zero-order chi connectivity index (χ0) is 20.4. The predicted octanol–water partition coefficient (Wildman–Crippen LogP) is 4.75. The van der Waals surface area contributed by atoms with Gasteiger partial charge in [0.05, 0.1) is 0 Å². The van der Waals surface area contributed by atoms with E-state index < -0.39 is 0 Å². The fourth-order valence-corrected chi connectivity index (χ4v) is 5.14. The van der Waals surface area contributed by atoms with Gasteiger partial charge in [0.2, 0.25) is 0 Å². The summed E-state index contributed by atoms with van der Waals surface area (Å²) in [4.78, 5) is 5.33. The van der Waals surface area contributed by atoms with Gasteiger partial charge in [-0.1, -0.05) is 67.1 Å². The van der Waals surface area contributed by atoms with E-state index in [0.29, 0.717) is 12.0 Å². The SMILES string of the molecule is c1ccc(C(CN2CCC(NCCCN3CCCCC3)CC2)c2ccccc2)cc1. The van der Waals surface area contributed by atoms with Crippen LogP contribution in [0.25, 0.3) is 0 Å². The highest BCUT2D eigenvalue weighted by molar-refractivity contribution is 5.32. The highest BCUT2D eigenvalue weighted by Crippen LogP contribution is 2.27. The lowest BCUT2D eigenvalue weighted by molar-refractivity contribution is 0.189. The van der Waals surface area contributed by atoms with Crippen LogP contribution in [0, 0.1) is 0 Å². The minimum absolute atomic E-state index is 0.460. The molecule has 0 spiro atoms. The maximum Gasteiger partial charge on any atom is 0.0217 e. The number of nitrogens with zero attached hydrogens (tertiary/aromatic N) is 2. The van der Waals surface area contributed by atoms with Gasteiger partial charge in [0.1, 0.15) is 0 Å². The van der Waals surface area contributed by atoms with Crippen LogP contribution in [0.3, 0.4) is 0 Å². The van der Waals surface area contributed by atoms with Gasteiger partial charge >= 0.3 is 0 Å². The number of benzene rings is 2. The van der Waals surface area contributed by atoms with Crippen molar-refractivity contribution in [3.63, 3.8) is 0 Å². The smallest absolute Gasteiger partial charge is 0.0217 e. The first-order valence-corrected chi connectivity index (χ1v) is 12.2. The lowest BCUT2D eigenvalue weighted by atomic mass is 9.90. The van der Waals surface area contributed by atoms with E-state index in [1.165, 1.54) is 88.9 Å². The Labute approximate surface area is 183 Å². The van der Waals surface area contributed by atoms with Crippen molar-refractivity contribution in [1.82, 2.24) is 15.1 Å². The van der Waals surface area contributed by atoms with Crippen LogP contribution >= 0.6 is 0 Å². The van der Waals surface area contributed by atoms with Gasteiger partial charge in [-0.25, -0.2) is 0 Å². The first-order valence-electron chi connectivity index (χ1n) is 12.2. The quantitative estimate of drug-likeness (QED) is 0.608. The molecule has 3 heteroatoms. The van der Waals surface area contributed by atoms with Crippen molar-refractivity contribution in [3.8, 4) is 0 Å². The zero-order valence-electron chi connectivity index (χ0n) is 18.5. The third-order valence-corrected chi connectivity index (χ3v) is 6.97. The molecule has 0 radical (unpaired) electrons. The Kier molecular flexibility index (Phi) is 8.36. The number of piperidine rings is 2. The van der Waals surface area contributed by atoms with E-state index in [9.17, 15) is 0 Å². The van der Waals surface area contributed by atoms with Gasteiger partial charge < -0.3 is 15.1 Å². The van der Waals surface area contributed by atoms with Crippen molar-refractivity contribution in [1.29, 1.82) is 0 Å². The number of hydrogen-bond donors (Lipinski definition) is 1. The molecule has 0 bridgehead atoms. The van der Waals surface area contributed by atoms with Crippen LogP contribution < -0.4 is 5.32 Å². The highest BCUT2D eigenvalue weighted by Gasteiger charge is 2.23. The first kappa shape index (κ1) is 21.5. The molecule has 162 valence electrons. The van der Waals surface area contributed by atoms with E-state index in [2.05, 4.69) is 75.8 Å². The summed E-state index contributed by atoms with van der Waals surface area (Å²) in [6.45, 7) is 8.64. The lowest BCUT2D eigenvalue weighted by Crippen LogP contribution is -2.44. The van der Waals surface area contributed by atoms with Gasteiger partial charge in [-0.3, -0.25) is 0 Å². The highest BCUT2D eigenvalue weighted by atomic mass is 15.1. The van der Waals surface area contributed by atoms with Crippen molar-refractivity contribution in [2.45, 2.75) is 50.5 Å². The Balaban J connectivity index is 1.22. The molecule has 0 aliphatic carbocycles. The number of likely N-dealkylation sites (tertiary alicyclic amines) is 2. The second-order valence-corrected chi connectivity index (χ2v) is 9.16. The summed E-state index contributed by atoms with van der Waals surface area (Å²) in [6, 6.07) is 22.8. The molecular weight excluding hydrogens is 366 g/mol. The van der Waals surface area contributed by atoms with Gasteiger partial charge in [-0.15, -0.1) is 0 Å². The van der Waals surface area contributed by atoms with E-state index >= 15 is 0 Å². The Morgan fingerprint density at radius 1 is 0.733 bits per heavy atom. The molecule has 2 aromatic rings. The summed E-state index contributed by atoms with van der Waals surface area (Å²) in [7, 11) is 0. The molecule has 0 atom stereocenters. The van der Waals surface area contributed by atoms with Crippen LogP contribution in [-0.4, -0.2) is 61.7 Å². The Morgan fingerprint density at radius 3 is 1.93 bits per heavy atom. The topological polar surface area (TPSA) is 18.5 Å². The van der Waals surface area contributed by atoms with Gasteiger partial charge in [0.25, 0.3) is 0 Å². The largest absolute Gasteiger partial charge is 0.314 e. The average Bonchev–Trinajstić information content (AvgIpc) is 2.83. The molecule has 2 aliphatic heterocycles. The van der Waals surface area contributed by atoms with Gasteiger partial charge in [0, 0.05) is 18.5 Å². The minimum atomic E-state index is 0.460. The molecule has 0 unspecified atom stereocenters. The summed E-state index contributed by atoms with van der Waals surface area (Å²) in [5.74, 6) is 0.460. The second-order valence-electron chi connectivity index (χ2n) is 9.16. The molecule has 1 N–H and O–H groups in total. The summed E-state index contributed by atoms with van der Waals surface area (Å²) >= 11 is 0. The van der Waals surface area contributed by atoms with Crippen LogP contribution in [0.2, 0.25) is 0 Å². The van der Waals surface area contributed by atoms with Crippen LogP contribution in [0.15, 0.2) is 60.7 Å². The average molecular weight is 406 g/mol. The van der Waals surface area contributed by atoms with Crippen molar-refractivity contribution < 1.29 is 0 Å². The van der Waals surface area contributed by atoms with E-state index in [-0.39, 0.29) is 0 Å². The molecule has 4 rings (SSSR count). The van der Waals surface area contributed by atoms with E-state index in [1.54, 1.807) is 0 Å². The van der Waals surface area contributed by atoms with Crippen molar-refractivity contribution in [3.05, 3.63) is 71.8 Å². The zero-order valence-corrected chi connectivity index (χ0v) is 18.5. The molecule has 30 heavy (non-hydrogen) atoms. The minimum Gasteiger partial charge on any atom is -0.314 e. The van der Waals surface area contributed by atoms with E-state index in [0.717, 1.165) is 6.54 Å². The predicted molar refractivity (Wildman–Crippen MR) is 127 cm³/mol. The van der Waals surface area contributed by atoms with E-state index in [4.69, 9.17) is 0 Å². The number of nitrogens with one attached hydrogen (secondary N) is 1. The fraction of sp³-hybridized carbons (Fsp3) is 0.556. The van der Waals surface area contributed by atoms with Crippen LogP contribution in [-0.2, 0) is 0 Å². The van der Waals surface area contributed by atoms with Crippen LogP contribution in [0.1, 0.15) is 55.6 Å². The van der Waals surface area contributed by atoms with Crippen molar-refractivity contribution >= 4 is 0 Å². The molecule has 0 aromatic heterocycles. The molecule has 3 nitrogen and oxygen atoms in total. The van der Waals surface area contributed by atoms with Gasteiger partial charge in [-0.2, -0.15) is 0 Å². The molecular formula is C27H39N3. The third-order valence-electron chi connectivity index (χ3n) is 6.97. The summed E-state index contributed by atoms with van der Waals surface area (Å²) in [5, 5.41) is 3.85. The first-order chi connectivity index (χ1) is 14.9. The maximum atomic E-state index is 3.85. The number of hydrogen-bond acceptors (Lipinski definition) is 3. The Morgan fingerprint density at radius 2 is 1.33 bits per heavy atom. The standard InChI is InChI=1S/C27H39N3/c1-4-11-24(12-5-1)27(25-13-6-2-7-14-25)23-30-21-15-26(16-22-30)28-17-10-20-29-18-8-3-9-19-29/h1-2,4-7,11-14,26-28H,3,8-10,15-23H2. The van der Waals surface area contributed by atoms with E-state index in [1.807, 2.05) is 0 Å². The molecule has 2 heterocycles. The molecule has 2 fully saturated rings. The summed E-state index contributed by atoms with van der Waals surface area (Å²) in [6.07, 6.45) is 8.09. The van der Waals surface area contributed by atoms with Crippen LogP contribution in [0.5, 0.6) is 0 Å². The molecule has 0 saturated carbocycles. The second kappa shape index (κ2) is 11.6. The van der Waals surface area contributed by atoms with Crippen molar-refractivity contribution in [2.75, 3.05) is 45.8 Å². The fourth-order valence-electron chi connectivity index (χ4n) is 5.14. The molecule has 2 aliphatic rings. The normalized spacial score (nSPS) is 19.4. The summed E-state index contributed by atoms with van der Waals surface area (Å²) in [5.41, 5.74) is 2.86. The Hall–Kier alpha value is -1.68. The third kappa shape index (κ3) is 6.41. The lowest BCUT2D eigenvalue weighted by Gasteiger charge is -2.35.